The molecule has 0 bridgehead atoms. The van der Waals surface area contributed by atoms with Crippen LogP contribution in [0.25, 0.3) is 5.57 Å². The minimum absolute atomic E-state index is 0.143. The van der Waals surface area contributed by atoms with Crippen LogP contribution in [-0.2, 0) is 24.5 Å². The summed E-state index contributed by atoms with van der Waals surface area (Å²) in [6, 6.07) is 8.15. The molecule has 0 saturated carbocycles. The molecular weight excluding hydrogens is 490 g/mol. The van der Waals surface area contributed by atoms with Crippen molar-refractivity contribution in [2.45, 2.75) is 134 Å². The number of carbonyl (C=O) groups is 1. The first-order valence-corrected chi connectivity index (χ1v) is 15.3. The van der Waals surface area contributed by atoms with Crippen LogP contribution in [0.15, 0.2) is 30.8 Å². The van der Waals surface area contributed by atoms with E-state index in [9.17, 15) is 4.79 Å². The van der Waals surface area contributed by atoms with E-state index in [1.54, 1.807) is 7.11 Å². The highest BCUT2D eigenvalue weighted by Gasteiger charge is 2.51. The Morgan fingerprint density at radius 1 is 0.974 bits per heavy atom. The zero-order valence-corrected chi connectivity index (χ0v) is 25.0. The molecule has 3 rings (SSSR count). The summed E-state index contributed by atoms with van der Waals surface area (Å²) in [6.45, 7) is 11.3. The highest BCUT2D eigenvalue weighted by atomic mass is 16.6. The third kappa shape index (κ3) is 11.6. The predicted octanol–water partition coefficient (Wildman–Crippen LogP) is 7.93. The first-order chi connectivity index (χ1) is 18.8. The topological polar surface area (TPSA) is 72.6 Å². The van der Waals surface area contributed by atoms with Crippen molar-refractivity contribution in [1.29, 1.82) is 0 Å². The Morgan fingerprint density at radius 2 is 1.51 bits per heavy atom. The second kappa shape index (κ2) is 16.4. The number of epoxide rings is 2. The number of rotatable bonds is 21. The lowest BCUT2D eigenvalue weighted by Gasteiger charge is -2.26. The van der Waals surface area contributed by atoms with Gasteiger partial charge in [-0.2, -0.15) is 0 Å². The van der Waals surface area contributed by atoms with Crippen molar-refractivity contribution in [1.82, 2.24) is 5.32 Å². The van der Waals surface area contributed by atoms with Crippen LogP contribution in [0.5, 0.6) is 0 Å². The van der Waals surface area contributed by atoms with Gasteiger partial charge in [0.25, 0.3) is 0 Å². The van der Waals surface area contributed by atoms with Crippen LogP contribution in [-0.4, -0.2) is 50.8 Å². The fourth-order valence-electron chi connectivity index (χ4n) is 5.34. The lowest BCUT2D eigenvalue weighted by Crippen LogP contribution is -2.41. The average molecular weight is 544 g/mol. The monoisotopic (exact) mass is 543 g/mol. The molecule has 0 spiro atoms. The summed E-state index contributed by atoms with van der Waals surface area (Å²) in [4.78, 5) is 12.3. The largest absolute Gasteiger partial charge is 0.450 e. The number of benzene rings is 1. The number of carbonyl (C=O) groups excluding carboxylic acids is 1. The molecule has 39 heavy (non-hydrogen) atoms. The van der Waals surface area contributed by atoms with Gasteiger partial charge < -0.3 is 24.3 Å². The van der Waals surface area contributed by atoms with Gasteiger partial charge in [-0.15, -0.1) is 0 Å². The summed E-state index contributed by atoms with van der Waals surface area (Å²) in [6.07, 6.45) is 17.0. The van der Waals surface area contributed by atoms with Crippen molar-refractivity contribution in [2.24, 2.45) is 0 Å². The molecule has 1 N–H and O–H groups in total. The van der Waals surface area contributed by atoms with Gasteiger partial charge in [0.05, 0.1) is 24.9 Å². The predicted molar refractivity (Wildman–Crippen MR) is 158 cm³/mol. The highest BCUT2D eigenvalue weighted by molar-refractivity contribution is 5.68. The molecule has 2 aliphatic heterocycles. The molecule has 1 amide bonds. The molecule has 0 aliphatic carbocycles. The number of unbranched alkanes of at least 4 members (excludes halogenated alkanes) is 11. The van der Waals surface area contributed by atoms with Crippen LogP contribution < -0.4 is 5.32 Å². The smallest absolute Gasteiger partial charge is 0.407 e. The molecular formula is C33H53NO5. The van der Waals surface area contributed by atoms with Crippen LogP contribution in [0.4, 0.5) is 4.79 Å². The number of hydrogen-bond donors (Lipinski definition) is 1. The lowest BCUT2D eigenvalue weighted by atomic mass is 9.93. The summed E-state index contributed by atoms with van der Waals surface area (Å²) < 4.78 is 22.1. The summed E-state index contributed by atoms with van der Waals surface area (Å²) in [5, 5.41) is 2.99. The molecule has 2 aliphatic rings. The average Bonchev–Trinajstić information content (AvgIpc) is 3.84. The summed E-state index contributed by atoms with van der Waals surface area (Å²) in [5.41, 5.74) is 2.70. The van der Waals surface area contributed by atoms with Gasteiger partial charge in [-0.1, -0.05) is 107 Å². The molecule has 220 valence electrons. The number of amides is 1. The second-order valence-corrected chi connectivity index (χ2v) is 12.0. The standard InChI is InChI=1S/C33H53NO5/c1-25(2)26-19-21-27(22-20-26)33(3,4)34-32(35)37-23-17-15-13-11-9-7-6-8-10-12-14-16-18-28-31(39-28)30(36-5)29-24-38-29/h19-22,28-31H,1,6-18,23-24H2,2-5H3,(H,34,35). The van der Waals surface area contributed by atoms with Gasteiger partial charge in [-0.3, -0.25) is 0 Å². The van der Waals surface area contributed by atoms with E-state index in [1.807, 2.05) is 45.0 Å². The Bertz CT molecular complexity index is 863. The van der Waals surface area contributed by atoms with E-state index >= 15 is 0 Å². The van der Waals surface area contributed by atoms with E-state index < -0.39 is 5.54 Å². The fourth-order valence-corrected chi connectivity index (χ4v) is 5.34. The van der Waals surface area contributed by atoms with E-state index in [0.717, 1.165) is 42.6 Å². The van der Waals surface area contributed by atoms with Crippen molar-refractivity contribution < 1.29 is 23.7 Å². The van der Waals surface area contributed by atoms with Crippen LogP contribution >= 0.6 is 0 Å². The Balaban J connectivity index is 1.07. The van der Waals surface area contributed by atoms with Crippen LogP contribution in [0.2, 0.25) is 0 Å². The minimum Gasteiger partial charge on any atom is -0.450 e. The van der Waals surface area contributed by atoms with Crippen molar-refractivity contribution in [3.05, 3.63) is 42.0 Å². The van der Waals surface area contributed by atoms with E-state index in [4.69, 9.17) is 18.9 Å². The number of methoxy groups -OCH3 is 1. The van der Waals surface area contributed by atoms with Crippen LogP contribution in [0.3, 0.4) is 0 Å². The van der Waals surface area contributed by atoms with Crippen molar-refractivity contribution in [3.8, 4) is 0 Å². The lowest BCUT2D eigenvalue weighted by molar-refractivity contribution is 0.0529. The maximum absolute atomic E-state index is 12.3. The van der Waals surface area contributed by atoms with E-state index in [2.05, 4.69) is 11.9 Å². The Labute approximate surface area is 237 Å². The molecule has 6 heteroatoms. The number of ether oxygens (including phenoxy) is 4. The maximum Gasteiger partial charge on any atom is 0.407 e. The van der Waals surface area contributed by atoms with Gasteiger partial charge in [0.15, 0.2) is 0 Å². The number of nitrogens with one attached hydrogen (secondary N) is 1. The summed E-state index contributed by atoms with van der Waals surface area (Å²) in [5.74, 6) is 0. The maximum atomic E-state index is 12.3. The van der Waals surface area contributed by atoms with E-state index in [1.165, 1.54) is 64.2 Å². The first kappa shape index (κ1) is 31.6. The zero-order chi connectivity index (χ0) is 28.1. The van der Waals surface area contributed by atoms with Gasteiger partial charge in [0, 0.05) is 7.11 Å². The molecule has 4 unspecified atom stereocenters. The molecule has 4 atom stereocenters. The van der Waals surface area contributed by atoms with Gasteiger partial charge in [-0.05, 0) is 44.7 Å². The van der Waals surface area contributed by atoms with Crippen LogP contribution in [0, 0.1) is 0 Å². The quantitative estimate of drug-likeness (QED) is 0.126. The van der Waals surface area contributed by atoms with Crippen molar-refractivity contribution >= 4 is 11.7 Å². The summed E-state index contributed by atoms with van der Waals surface area (Å²) >= 11 is 0. The second-order valence-electron chi connectivity index (χ2n) is 12.0. The molecule has 0 radical (unpaired) electrons. The van der Waals surface area contributed by atoms with Gasteiger partial charge in [0.2, 0.25) is 0 Å². The Morgan fingerprint density at radius 3 is 2.03 bits per heavy atom. The van der Waals surface area contributed by atoms with E-state index in [0.29, 0.717) is 12.7 Å². The van der Waals surface area contributed by atoms with Gasteiger partial charge in [-0.25, -0.2) is 4.79 Å². The molecule has 0 aromatic heterocycles. The third-order valence-corrected chi connectivity index (χ3v) is 8.07. The number of hydrogen-bond acceptors (Lipinski definition) is 5. The van der Waals surface area contributed by atoms with Crippen molar-refractivity contribution in [3.63, 3.8) is 0 Å². The SMILES string of the molecule is C=C(C)c1ccc(C(C)(C)NC(=O)OCCCCCCCCCCCCCCC2OC2C(OC)C2CO2)cc1. The number of alkyl carbamates (subject to hydrolysis) is 1. The highest BCUT2D eigenvalue weighted by Crippen LogP contribution is 2.36. The molecule has 2 fully saturated rings. The minimum atomic E-state index is -0.487. The molecule has 2 heterocycles. The zero-order valence-electron chi connectivity index (χ0n) is 25.0. The molecule has 1 aromatic carbocycles. The van der Waals surface area contributed by atoms with Crippen molar-refractivity contribution in [2.75, 3.05) is 20.3 Å². The van der Waals surface area contributed by atoms with Gasteiger partial charge >= 0.3 is 6.09 Å². The Kier molecular flexibility index (Phi) is 13.3. The van der Waals surface area contributed by atoms with E-state index in [-0.39, 0.29) is 24.4 Å². The fraction of sp³-hybridized carbons (Fsp3) is 0.727. The van der Waals surface area contributed by atoms with Crippen LogP contribution in [0.1, 0.15) is 115 Å². The Hall–Kier alpha value is -1.89. The molecule has 1 aromatic rings. The summed E-state index contributed by atoms with van der Waals surface area (Å²) in [7, 11) is 1.76. The van der Waals surface area contributed by atoms with Gasteiger partial charge in [0.1, 0.15) is 18.3 Å². The molecule has 2 saturated heterocycles. The molecule has 6 nitrogen and oxygen atoms in total. The first-order valence-electron chi connectivity index (χ1n) is 15.3. The normalized spacial score (nSPS) is 20.9. The third-order valence-electron chi connectivity index (χ3n) is 8.07. The number of allylic oxidation sites excluding steroid dienone is 1.